The van der Waals surface area contributed by atoms with Crippen molar-refractivity contribution in [1.29, 1.82) is 0 Å². The highest BCUT2D eigenvalue weighted by Gasteiger charge is 2.27. The van der Waals surface area contributed by atoms with Crippen LogP contribution in [0.15, 0.2) is 46.9 Å². The van der Waals surface area contributed by atoms with Gasteiger partial charge < -0.3 is 29.1 Å². The summed E-state index contributed by atoms with van der Waals surface area (Å²) in [6, 6.07) is 12.2. The molecular formula is C20H19NO6. The Morgan fingerprint density at radius 3 is 2.85 bits per heavy atom. The zero-order valence-electron chi connectivity index (χ0n) is 14.9. The smallest absolute Gasteiger partial charge is 0.287 e. The highest BCUT2D eigenvalue weighted by molar-refractivity contribution is 5.97. The molecule has 0 saturated carbocycles. The van der Waals surface area contributed by atoms with Gasteiger partial charge in [-0.3, -0.25) is 4.79 Å². The average molecular weight is 369 g/mol. The van der Waals surface area contributed by atoms with Crippen LogP contribution >= 0.6 is 0 Å². The van der Waals surface area contributed by atoms with Gasteiger partial charge in [-0.05, 0) is 36.8 Å². The van der Waals surface area contributed by atoms with Crippen LogP contribution in [-0.2, 0) is 5.60 Å². The van der Waals surface area contributed by atoms with Crippen molar-refractivity contribution in [3.8, 4) is 17.2 Å². The number of nitrogens with one attached hydrogen (secondary N) is 1. The van der Waals surface area contributed by atoms with E-state index in [1.165, 1.54) is 0 Å². The third-order valence-corrected chi connectivity index (χ3v) is 4.54. The summed E-state index contributed by atoms with van der Waals surface area (Å²) in [5.41, 5.74) is -0.175. The van der Waals surface area contributed by atoms with E-state index in [0.717, 1.165) is 5.39 Å². The van der Waals surface area contributed by atoms with Crippen LogP contribution in [0.5, 0.6) is 17.2 Å². The summed E-state index contributed by atoms with van der Waals surface area (Å²) in [6.45, 7) is 1.78. The summed E-state index contributed by atoms with van der Waals surface area (Å²) >= 11 is 0. The zero-order valence-corrected chi connectivity index (χ0v) is 14.9. The Morgan fingerprint density at radius 1 is 1.22 bits per heavy atom. The number of hydrogen-bond donors (Lipinski definition) is 2. The van der Waals surface area contributed by atoms with E-state index in [0.29, 0.717) is 28.4 Å². The van der Waals surface area contributed by atoms with E-state index in [4.69, 9.17) is 18.6 Å². The van der Waals surface area contributed by atoms with Gasteiger partial charge in [-0.15, -0.1) is 0 Å². The fraction of sp³-hybridized carbons (Fsp3) is 0.250. The molecule has 7 heteroatoms. The molecule has 3 aromatic rings. The van der Waals surface area contributed by atoms with Crippen LogP contribution in [0, 0.1) is 0 Å². The number of fused-ring (bicyclic) bond motifs is 2. The Morgan fingerprint density at radius 2 is 2.04 bits per heavy atom. The van der Waals surface area contributed by atoms with Crippen molar-refractivity contribution in [2.24, 2.45) is 0 Å². The Balaban J connectivity index is 1.50. The third kappa shape index (κ3) is 3.17. The Labute approximate surface area is 155 Å². The molecule has 0 spiro atoms. The van der Waals surface area contributed by atoms with Crippen molar-refractivity contribution in [3.63, 3.8) is 0 Å². The van der Waals surface area contributed by atoms with Crippen molar-refractivity contribution in [3.05, 3.63) is 53.8 Å². The summed E-state index contributed by atoms with van der Waals surface area (Å²) in [7, 11) is 1.54. The molecule has 140 valence electrons. The predicted octanol–water partition coefficient (Wildman–Crippen LogP) is 2.81. The van der Waals surface area contributed by atoms with E-state index in [1.807, 2.05) is 12.1 Å². The Bertz CT molecular complexity index is 1010. The van der Waals surface area contributed by atoms with Crippen LogP contribution in [0.1, 0.15) is 23.0 Å². The fourth-order valence-corrected chi connectivity index (χ4v) is 2.98. The summed E-state index contributed by atoms with van der Waals surface area (Å²) in [6.07, 6.45) is 0. The van der Waals surface area contributed by atoms with Gasteiger partial charge in [0.25, 0.3) is 5.91 Å². The molecule has 0 unspecified atom stereocenters. The first kappa shape index (κ1) is 17.2. The number of methoxy groups -OCH3 is 1. The van der Waals surface area contributed by atoms with E-state index < -0.39 is 11.5 Å². The minimum absolute atomic E-state index is 0.000340. The summed E-state index contributed by atoms with van der Waals surface area (Å²) in [5.74, 6) is 1.49. The number of carbonyl (C=O) groups is 1. The van der Waals surface area contributed by atoms with Gasteiger partial charge in [0.15, 0.2) is 28.6 Å². The van der Waals surface area contributed by atoms with E-state index >= 15 is 0 Å². The van der Waals surface area contributed by atoms with Gasteiger partial charge in [0.2, 0.25) is 6.79 Å². The normalized spacial score (nSPS) is 14.8. The number of aliphatic hydroxyl groups is 1. The number of amides is 1. The van der Waals surface area contributed by atoms with Gasteiger partial charge in [0.1, 0.15) is 5.60 Å². The van der Waals surface area contributed by atoms with E-state index in [-0.39, 0.29) is 19.1 Å². The van der Waals surface area contributed by atoms with Gasteiger partial charge in [0.05, 0.1) is 13.7 Å². The Kier molecular flexibility index (Phi) is 4.16. The van der Waals surface area contributed by atoms with Crippen molar-refractivity contribution >= 4 is 16.9 Å². The van der Waals surface area contributed by atoms with Gasteiger partial charge >= 0.3 is 0 Å². The van der Waals surface area contributed by atoms with Crippen LogP contribution in [0.2, 0.25) is 0 Å². The first-order chi connectivity index (χ1) is 13.0. The fourth-order valence-electron chi connectivity index (χ4n) is 2.98. The van der Waals surface area contributed by atoms with Gasteiger partial charge in [0, 0.05) is 5.39 Å². The molecule has 0 aliphatic carbocycles. The summed E-state index contributed by atoms with van der Waals surface area (Å²) in [5, 5.41) is 14.2. The van der Waals surface area contributed by atoms with E-state index in [9.17, 15) is 9.90 Å². The molecule has 2 aromatic carbocycles. The zero-order chi connectivity index (χ0) is 19.0. The van der Waals surface area contributed by atoms with Crippen molar-refractivity contribution in [2.45, 2.75) is 12.5 Å². The lowest BCUT2D eigenvalue weighted by Crippen LogP contribution is -2.38. The SMILES string of the molecule is COc1cccc2cc(C(=O)NC[C@](C)(O)c3ccc4c(c3)OCO4)oc12. The van der Waals surface area contributed by atoms with Crippen molar-refractivity contribution < 1.29 is 28.5 Å². The molecule has 4 rings (SSSR count). The predicted molar refractivity (Wildman–Crippen MR) is 97.2 cm³/mol. The molecule has 1 amide bonds. The molecule has 1 aliphatic rings. The average Bonchev–Trinajstić information content (AvgIpc) is 3.31. The first-order valence-electron chi connectivity index (χ1n) is 8.45. The number of para-hydroxylation sites is 1. The van der Waals surface area contributed by atoms with Crippen LogP contribution in [-0.4, -0.2) is 31.5 Å². The molecule has 0 bridgehead atoms. The minimum Gasteiger partial charge on any atom is -0.493 e. The first-order valence-corrected chi connectivity index (χ1v) is 8.45. The van der Waals surface area contributed by atoms with Crippen molar-refractivity contribution in [1.82, 2.24) is 5.32 Å². The lowest BCUT2D eigenvalue weighted by molar-refractivity contribution is 0.0517. The monoisotopic (exact) mass is 369 g/mol. The van der Waals surface area contributed by atoms with E-state index in [1.54, 1.807) is 44.4 Å². The second-order valence-corrected chi connectivity index (χ2v) is 6.51. The summed E-state index contributed by atoms with van der Waals surface area (Å²) < 4.78 is 21.5. The molecule has 0 fully saturated rings. The van der Waals surface area contributed by atoms with Gasteiger partial charge in [-0.25, -0.2) is 0 Å². The van der Waals surface area contributed by atoms with Crippen LogP contribution in [0.3, 0.4) is 0 Å². The number of carbonyl (C=O) groups excluding carboxylic acids is 1. The second kappa shape index (κ2) is 6.51. The lowest BCUT2D eigenvalue weighted by atomic mass is 9.95. The standard InChI is InChI=1S/C20H19NO6/c1-20(23,13-6-7-14-16(9-13)26-11-25-14)10-21-19(22)17-8-12-4-3-5-15(24-2)18(12)27-17/h3-9,23H,10-11H2,1-2H3,(H,21,22)/t20-/m0/s1. The molecule has 2 heterocycles. The number of furan rings is 1. The highest BCUT2D eigenvalue weighted by atomic mass is 16.7. The van der Waals surface area contributed by atoms with Gasteiger partial charge in [-0.1, -0.05) is 18.2 Å². The van der Waals surface area contributed by atoms with Crippen LogP contribution < -0.4 is 19.5 Å². The number of hydrogen-bond acceptors (Lipinski definition) is 6. The molecule has 1 aliphatic heterocycles. The molecule has 27 heavy (non-hydrogen) atoms. The molecule has 1 aromatic heterocycles. The molecule has 1 atom stereocenters. The Hall–Kier alpha value is -3.19. The van der Waals surface area contributed by atoms with Crippen molar-refractivity contribution in [2.75, 3.05) is 20.4 Å². The quantitative estimate of drug-likeness (QED) is 0.719. The minimum atomic E-state index is -1.29. The van der Waals surface area contributed by atoms with E-state index in [2.05, 4.69) is 5.32 Å². The molecule has 0 radical (unpaired) electrons. The lowest BCUT2D eigenvalue weighted by Gasteiger charge is -2.24. The van der Waals surface area contributed by atoms with Crippen LogP contribution in [0.25, 0.3) is 11.0 Å². The second-order valence-electron chi connectivity index (χ2n) is 6.51. The molecule has 2 N–H and O–H groups in total. The van der Waals surface area contributed by atoms with Gasteiger partial charge in [-0.2, -0.15) is 0 Å². The molecule has 0 saturated heterocycles. The number of rotatable bonds is 5. The number of ether oxygens (including phenoxy) is 3. The maximum absolute atomic E-state index is 12.5. The topological polar surface area (TPSA) is 90.2 Å². The molecule has 7 nitrogen and oxygen atoms in total. The van der Waals surface area contributed by atoms with Crippen LogP contribution in [0.4, 0.5) is 0 Å². The number of benzene rings is 2. The largest absolute Gasteiger partial charge is 0.493 e. The third-order valence-electron chi connectivity index (χ3n) is 4.54. The maximum Gasteiger partial charge on any atom is 0.287 e. The highest BCUT2D eigenvalue weighted by Crippen LogP contribution is 2.35. The maximum atomic E-state index is 12.5. The summed E-state index contributed by atoms with van der Waals surface area (Å²) in [4.78, 5) is 12.5. The molecular weight excluding hydrogens is 350 g/mol.